The third kappa shape index (κ3) is 5.37. The first-order valence-electron chi connectivity index (χ1n) is 9.51. The maximum absolute atomic E-state index is 12.7. The lowest BCUT2D eigenvalue weighted by atomic mass is 10.1. The molecule has 2 aromatic carbocycles. The van der Waals surface area contributed by atoms with Gasteiger partial charge in [0.15, 0.2) is 0 Å². The van der Waals surface area contributed by atoms with Crippen molar-refractivity contribution in [1.82, 2.24) is 0 Å². The normalized spacial score (nSPS) is 20.8. The quantitative estimate of drug-likeness (QED) is 0.407. The lowest BCUT2D eigenvalue weighted by molar-refractivity contribution is -0.149. The van der Waals surface area contributed by atoms with Crippen molar-refractivity contribution in [3.63, 3.8) is 0 Å². The lowest BCUT2D eigenvalue weighted by Gasteiger charge is -2.13. The number of hydrogen-bond donors (Lipinski definition) is 0. The maximum Gasteiger partial charge on any atom is 0.426 e. The van der Waals surface area contributed by atoms with E-state index < -0.39 is 40.5 Å². The van der Waals surface area contributed by atoms with E-state index in [1.54, 1.807) is 62.4 Å². The van der Waals surface area contributed by atoms with Crippen molar-refractivity contribution in [2.75, 3.05) is 0 Å². The highest BCUT2D eigenvalue weighted by Crippen LogP contribution is 2.60. The topological polar surface area (TPSA) is 59.3 Å². The fourth-order valence-corrected chi connectivity index (χ4v) is 3.69. The molecule has 0 bridgehead atoms. The standard InChI is InChI=1S/C23H18Cl2F3NO3/c1-22(2)17(11-19(25)23(26,27)28)20(22)21(30)32-18(12-29)13-4-3-5-16(10-13)31-15-8-6-14(24)7-9-15/h3-11,17-18,20H,1-2H3/t17-,18?,20-/m1/s1. The molecule has 0 saturated heterocycles. The van der Waals surface area contributed by atoms with Crippen LogP contribution >= 0.6 is 23.2 Å². The molecule has 3 rings (SSSR count). The van der Waals surface area contributed by atoms with Crippen LogP contribution in [0.15, 0.2) is 59.6 Å². The zero-order valence-electron chi connectivity index (χ0n) is 17.0. The van der Waals surface area contributed by atoms with Crippen molar-refractivity contribution < 1.29 is 27.4 Å². The van der Waals surface area contributed by atoms with Gasteiger partial charge in [0.05, 0.1) is 5.92 Å². The summed E-state index contributed by atoms with van der Waals surface area (Å²) in [5, 5.41) is 8.79. The Labute approximate surface area is 193 Å². The van der Waals surface area contributed by atoms with E-state index in [0.717, 1.165) is 6.08 Å². The Morgan fingerprint density at radius 3 is 2.44 bits per heavy atom. The molecule has 2 aromatic rings. The van der Waals surface area contributed by atoms with Crippen LogP contribution in [0.1, 0.15) is 25.5 Å². The molecular formula is C23H18Cl2F3NO3. The second kappa shape index (κ2) is 9.05. The Kier molecular flexibility index (Phi) is 6.77. The lowest BCUT2D eigenvalue weighted by Crippen LogP contribution is -2.14. The molecule has 0 spiro atoms. The molecule has 0 radical (unpaired) electrons. The highest BCUT2D eigenvalue weighted by atomic mass is 35.5. The Hall–Kier alpha value is -2.69. The maximum atomic E-state index is 12.7. The third-order valence-corrected chi connectivity index (χ3v) is 5.92. The smallest absolute Gasteiger partial charge is 0.426 e. The summed E-state index contributed by atoms with van der Waals surface area (Å²) in [7, 11) is 0. The Bertz CT molecular complexity index is 1080. The molecule has 168 valence electrons. The van der Waals surface area contributed by atoms with Crippen LogP contribution in [-0.2, 0) is 9.53 Å². The van der Waals surface area contributed by atoms with Gasteiger partial charge in [0.1, 0.15) is 22.6 Å². The molecule has 1 aliphatic rings. The van der Waals surface area contributed by atoms with Gasteiger partial charge in [0.25, 0.3) is 0 Å². The fourth-order valence-electron chi connectivity index (χ4n) is 3.43. The van der Waals surface area contributed by atoms with E-state index in [1.807, 2.05) is 6.07 Å². The van der Waals surface area contributed by atoms with Gasteiger partial charge in [-0.3, -0.25) is 4.79 Å². The van der Waals surface area contributed by atoms with Gasteiger partial charge in [-0.05, 0) is 47.7 Å². The fraction of sp³-hybridized carbons (Fsp3) is 0.304. The average Bonchev–Trinajstić information content (AvgIpc) is 3.27. The van der Waals surface area contributed by atoms with Gasteiger partial charge in [-0.2, -0.15) is 18.4 Å². The number of ether oxygens (including phenoxy) is 2. The van der Waals surface area contributed by atoms with E-state index in [1.165, 1.54) is 0 Å². The number of nitriles is 1. The van der Waals surface area contributed by atoms with Gasteiger partial charge in [-0.15, -0.1) is 0 Å². The first kappa shape index (κ1) is 24.0. The Balaban J connectivity index is 1.72. The second-order valence-corrected chi connectivity index (χ2v) is 8.76. The Morgan fingerprint density at radius 2 is 1.84 bits per heavy atom. The van der Waals surface area contributed by atoms with Crippen molar-refractivity contribution >= 4 is 29.2 Å². The number of alkyl halides is 3. The minimum absolute atomic E-state index is 0.367. The molecule has 0 heterocycles. The highest BCUT2D eigenvalue weighted by Gasteiger charge is 2.62. The number of hydrogen-bond acceptors (Lipinski definition) is 4. The number of rotatable bonds is 6. The molecule has 32 heavy (non-hydrogen) atoms. The third-order valence-electron chi connectivity index (χ3n) is 5.32. The molecule has 0 aliphatic heterocycles. The summed E-state index contributed by atoms with van der Waals surface area (Å²) in [6.45, 7) is 3.28. The van der Waals surface area contributed by atoms with Gasteiger partial charge in [0.2, 0.25) is 6.10 Å². The first-order valence-corrected chi connectivity index (χ1v) is 10.3. The van der Waals surface area contributed by atoms with Crippen molar-refractivity contribution in [1.29, 1.82) is 5.26 Å². The van der Waals surface area contributed by atoms with E-state index in [0.29, 0.717) is 22.1 Å². The predicted molar refractivity (Wildman–Crippen MR) is 113 cm³/mol. The van der Waals surface area contributed by atoms with Crippen LogP contribution < -0.4 is 4.74 Å². The summed E-state index contributed by atoms with van der Waals surface area (Å²) in [6.07, 6.45) is -5.11. The average molecular weight is 484 g/mol. The zero-order valence-corrected chi connectivity index (χ0v) is 18.5. The van der Waals surface area contributed by atoms with Crippen LogP contribution in [0.5, 0.6) is 11.5 Å². The molecule has 9 heteroatoms. The van der Waals surface area contributed by atoms with Crippen LogP contribution in [0.25, 0.3) is 0 Å². The van der Waals surface area contributed by atoms with E-state index >= 15 is 0 Å². The van der Waals surface area contributed by atoms with Crippen LogP contribution in [0.3, 0.4) is 0 Å². The molecule has 1 fully saturated rings. The molecule has 1 saturated carbocycles. The van der Waals surface area contributed by atoms with Gasteiger partial charge in [-0.1, -0.05) is 55.3 Å². The minimum atomic E-state index is -4.69. The number of nitrogens with zero attached hydrogens (tertiary/aromatic N) is 1. The van der Waals surface area contributed by atoms with Crippen LogP contribution in [0.4, 0.5) is 13.2 Å². The largest absolute Gasteiger partial charge is 0.457 e. The summed E-state index contributed by atoms with van der Waals surface area (Å²) in [6, 6.07) is 15.0. The SMILES string of the molecule is CC1(C)[C@H](C=C(Cl)C(F)(F)F)[C@@H]1C(=O)OC(C#N)c1cccc(Oc2ccc(Cl)cc2)c1. The Morgan fingerprint density at radius 1 is 1.19 bits per heavy atom. The van der Waals surface area contributed by atoms with Crippen molar-refractivity contribution in [2.45, 2.75) is 26.1 Å². The zero-order chi connectivity index (χ0) is 23.7. The summed E-state index contributed by atoms with van der Waals surface area (Å²) in [5.74, 6) is -1.43. The van der Waals surface area contributed by atoms with E-state index in [9.17, 15) is 23.2 Å². The monoisotopic (exact) mass is 483 g/mol. The molecule has 0 aromatic heterocycles. The predicted octanol–water partition coefficient (Wildman–Crippen LogP) is 7.20. The van der Waals surface area contributed by atoms with Gasteiger partial charge >= 0.3 is 12.1 Å². The van der Waals surface area contributed by atoms with Crippen molar-refractivity contribution in [2.24, 2.45) is 17.3 Å². The number of halogens is 5. The van der Waals surface area contributed by atoms with E-state index in [-0.39, 0.29) is 0 Å². The molecular weight excluding hydrogens is 466 g/mol. The molecule has 3 atom stereocenters. The van der Waals surface area contributed by atoms with Crippen LogP contribution in [-0.4, -0.2) is 12.1 Å². The van der Waals surface area contributed by atoms with E-state index in [4.69, 9.17) is 32.7 Å². The minimum Gasteiger partial charge on any atom is -0.457 e. The molecule has 0 N–H and O–H groups in total. The summed E-state index contributed by atoms with van der Waals surface area (Å²) in [5.41, 5.74) is -0.409. The van der Waals surface area contributed by atoms with Crippen molar-refractivity contribution in [3.05, 3.63) is 70.2 Å². The number of allylic oxidation sites excluding steroid dienone is 2. The summed E-state index contributed by atoms with van der Waals surface area (Å²) in [4.78, 5) is 12.6. The van der Waals surface area contributed by atoms with Gasteiger partial charge < -0.3 is 9.47 Å². The first-order chi connectivity index (χ1) is 14.9. The number of carbonyl (C=O) groups excluding carboxylic acids is 1. The van der Waals surface area contributed by atoms with Crippen LogP contribution in [0, 0.1) is 28.6 Å². The molecule has 1 unspecified atom stereocenters. The molecule has 0 amide bonds. The summed E-state index contributed by atoms with van der Waals surface area (Å²) < 4.78 is 49.3. The second-order valence-electron chi connectivity index (χ2n) is 7.91. The van der Waals surface area contributed by atoms with Gasteiger partial charge in [0, 0.05) is 10.6 Å². The highest BCUT2D eigenvalue weighted by molar-refractivity contribution is 6.30. The number of benzene rings is 2. The van der Waals surface area contributed by atoms with Crippen LogP contribution in [0.2, 0.25) is 5.02 Å². The van der Waals surface area contributed by atoms with Gasteiger partial charge in [-0.25, -0.2) is 0 Å². The number of carbonyl (C=O) groups is 1. The molecule has 1 aliphatic carbocycles. The number of esters is 1. The summed E-state index contributed by atoms with van der Waals surface area (Å²) >= 11 is 11.2. The van der Waals surface area contributed by atoms with E-state index in [2.05, 4.69) is 0 Å². The molecule has 4 nitrogen and oxygen atoms in total. The van der Waals surface area contributed by atoms with Crippen molar-refractivity contribution in [3.8, 4) is 17.6 Å².